The first-order valence-electron chi connectivity index (χ1n) is 8.71. The Balaban J connectivity index is 1.80. The largest absolute Gasteiger partial charge is 0.337 e. The maximum atomic E-state index is 12.9. The van der Waals surface area contributed by atoms with E-state index in [1.807, 2.05) is 76.2 Å². The van der Waals surface area contributed by atoms with Crippen molar-refractivity contribution in [3.05, 3.63) is 71.1 Å². The van der Waals surface area contributed by atoms with Gasteiger partial charge in [0.05, 0.1) is 0 Å². The molecule has 1 heterocycles. The zero-order chi connectivity index (χ0) is 18.7. The Kier molecular flexibility index (Phi) is 5.16. The smallest absolute Gasteiger partial charge is 0.254 e. The number of amides is 1. The molecule has 0 spiro atoms. The Morgan fingerprint density at radius 3 is 2.46 bits per heavy atom. The minimum Gasteiger partial charge on any atom is -0.337 e. The minimum atomic E-state index is -0.0460. The second-order valence-electron chi connectivity index (χ2n) is 6.77. The van der Waals surface area contributed by atoms with Gasteiger partial charge < -0.3 is 9.42 Å². The van der Waals surface area contributed by atoms with Crippen LogP contribution in [0.25, 0.3) is 11.4 Å². The SMILES string of the molecule is Cc1ccc(C(=O)N(Cc2nc(-c3cccc(C)c3)no2)C(C)C)cc1. The summed E-state index contributed by atoms with van der Waals surface area (Å²) in [4.78, 5) is 19.1. The van der Waals surface area contributed by atoms with Gasteiger partial charge in [0.1, 0.15) is 6.54 Å². The summed E-state index contributed by atoms with van der Waals surface area (Å²) in [5.41, 5.74) is 3.81. The number of carbonyl (C=O) groups excluding carboxylic acids is 1. The number of aryl methyl sites for hydroxylation is 2. The maximum absolute atomic E-state index is 12.9. The molecule has 0 N–H and O–H groups in total. The molecule has 0 radical (unpaired) electrons. The number of benzene rings is 2. The van der Waals surface area contributed by atoms with E-state index < -0.39 is 0 Å². The highest BCUT2D eigenvalue weighted by Crippen LogP contribution is 2.19. The lowest BCUT2D eigenvalue weighted by Gasteiger charge is -2.25. The van der Waals surface area contributed by atoms with E-state index in [0.717, 1.165) is 16.7 Å². The average Bonchev–Trinajstić information content (AvgIpc) is 3.08. The summed E-state index contributed by atoms with van der Waals surface area (Å²) >= 11 is 0. The number of hydrogen-bond donors (Lipinski definition) is 0. The third kappa shape index (κ3) is 3.99. The normalized spacial score (nSPS) is 11.0. The molecule has 0 unspecified atom stereocenters. The molecule has 3 rings (SSSR count). The van der Waals surface area contributed by atoms with Crippen molar-refractivity contribution in [1.29, 1.82) is 0 Å². The van der Waals surface area contributed by atoms with Gasteiger partial charge in [-0.2, -0.15) is 4.98 Å². The molecule has 5 nitrogen and oxygen atoms in total. The number of carbonyl (C=O) groups is 1. The Morgan fingerprint density at radius 2 is 1.81 bits per heavy atom. The van der Waals surface area contributed by atoms with Gasteiger partial charge in [-0.15, -0.1) is 0 Å². The third-order valence-corrected chi connectivity index (χ3v) is 4.23. The van der Waals surface area contributed by atoms with Gasteiger partial charge >= 0.3 is 0 Å². The van der Waals surface area contributed by atoms with Crippen molar-refractivity contribution in [3.63, 3.8) is 0 Å². The van der Waals surface area contributed by atoms with Crippen LogP contribution in [0.4, 0.5) is 0 Å². The number of hydrogen-bond acceptors (Lipinski definition) is 4. The second kappa shape index (κ2) is 7.52. The van der Waals surface area contributed by atoms with Crippen molar-refractivity contribution in [3.8, 4) is 11.4 Å². The summed E-state index contributed by atoms with van der Waals surface area (Å²) < 4.78 is 5.39. The lowest BCUT2D eigenvalue weighted by molar-refractivity contribution is 0.0667. The van der Waals surface area contributed by atoms with Gasteiger partial charge in [-0.05, 0) is 45.9 Å². The number of rotatable bonds is 5. The molecule has 3 aromatic rings. The van der Waals surface area contributed by atoms with Crippen LogP contribution < -0.4 is 0 Å². The first kappa shape index (κ1) is 17.9. The van der Waals surface area contributed by atoms with Crippen LogP contribution in [0.3, 0.4) is 0 Å². The Bertz CT molecular complexity index is 898. The Hall–Kier alpha value is -2.95. The molecule has 2 aromatic carbocycles. The molecule has 0 saturated heterocycles. The molecule has 26 heavy (non-hydrogen) atoms. The molecule has 0 saturated carbocycles. The van der Waals surface area contributed by atoms with E-state index in [0.29, 0.717) is 17.3 Å². The van der Waals surface area contributed by atoms with Gasteiger partial charge in [0.25, 0.3) is 5.91 Å². The molecule has 1 amide bonds. The summed E-state index contributed by atoms with van der Waals surface area (Å²) in [6, 6.07) is 15.5. The van der Waals surface area contributed by atoms with E-state index >= 15 is 0 Å². The predicted octanol–water partition coefficient (Wildman–Crippen LogP) is 4.40. The quantitative estimate of drug-likeness (QED) is 0.685. The standard InChI is InChI=1S/C21H23N3O2/c1-14(2)24(21(25)17-10-8-15(3)9-11-17)13-19-22-20(23-26-19)18-7-5-6-16(4)12-18/h5-12,14H,13H2,1-4H3. The van der Waals surface area contributed by atoms with E-state index in [1.54, 1.807) is 4.90 Å². The van der Waals surface area contributed by atoms with Crippen molar-refractivity contribution in [2.24, 2.45) is 0 Å². The first-order chi connectivity index (χ1) is 12.4. The summed E-state index contributed by atoms with van der Waals surface area (Å²) in [6.07, 6.45) is 0. The minimum absolute atomic E-state index is 0.0122. The molecule has 0 aliphatic rings. The van der Waals surface area contributed by atoms with Crippen LogP contribution in [0.5, 0.6) is 0 Å². The molecule has 0 fully saturated rings. The second-order valence-corrected chi connectivity index (χ2v) is 6.77. The van der Waals surface area contributed by atoms with E-state index in [4.69, 9.17) is 4.52 Å². The number of aromatic nitrogens is 2. The molecular formula is C21H23N3O2. The van der Waals surface area contributed by atoms with Gasteiger partial charge in [0.2, 0.25) is 11.7 Å². The van der Waals surface area contributed by atoms with Crippen LogP contribution in [-0.2, 0) is 6.54 Å². The van der Waals surface area contributed by atoms with Crippen LogP contribution in [0.2, 0.25) is 0 Å². The van der Waals surface area contributed by atoms with Gasteiger partial charge in [0, 0.05) is 17.2 Å². The summed E-state index contributed by atoms with van der Waals surface area (Å²) in [6.45, 7) is 8.25. The van der Waals surface area contributed by atoms with Gasteiger partial charge in [-0.1, -0.05) is 46.6 Å². The van der Waals surface area contributed by atoms with Gasteiger partial charge in [-0.25, -0.2) is 0 Å². The predicted molar refractivity (Wildman–Crippen MR) is 101 cm³/mol. The summed E-state index contributed by atoms with van der Waals surface area (Å²) in [7, 11) is 0. The van der Waals surface area contributed by atoms with Crippen molar-refractivity contribution in [2.45, 2.75) is 40.3 Å². The van der Waals surface area contributed by atoms with Crippen molar-refractivity contribution >= 4 is 5.91 Å². The number of nitrogens with zero attached hydrogens (tertiary/aromatic N) is 3. The molecule has 5 heteroatoms. The maximum Gasteiger partial charge on any atom is 0.254 e. The molecule has 0 aliphatic heterocycles. The highest BCUT2D eigenvalue weighted by Gasteiger charge is 2.22. The fourth-order valence-corrected chi connectivity index (χ4v) is 2.72. The average molecular weight is 349 g/mol. The molecule has 0 atom stereocenters. The summed E-state index contributed by atoms with van der Waals surface area (Å²) in [5.74, 6) is 0.918. The summed E-state index contributed by atoms with van der Waals surface area (Å²) in [5, 5.41) is 4.06. The van der Waals surface area contributed by atoms with E-state index in [1.165, 1.54) is 0 Å². The van der Waals surface area contributed by atoms with Crippen LogP contribution in [0.1, 0.15) is 41.2 Å². The van der Waals surface area contributed by atoms with E-state index in [-0.39, 0.29) is 18.5 Å². The van der Waals surface area contributed by atoms with Gasteiger partial charge in [-0.3, -0.25) is 4.79 Å². The molecule has 134 valence electrons. The van der Waals surface area contributed by atoms with Crippen LogP contribution in [0.15, 0.2) is 53.1 Å². The zero-order valence-electron chi connectivity index (χ0n) is 15.6. The Morgan fingerprint density at radius 1 is 1.08 bits per heavy atom. The first-order valence-corrected chi connectivity index (χ1v) is 8.71. The van der Waals surface area contributed by atoms with Gasteiger partial charge in [0.15, 0.2) is 0 Å². The fourth-order valence-electron chi connectivity index (χ4n) is 2.72. The van der Waals surface area contributed by atoms with Crippen LogP contribution in [0, 0.1) is 13.8 Å². The third-order valence-electron chi connectivity index (χ3n) is 4.23. The molecule has 1 aromatic heterocycles. The van der Waals surface area contributed by atoms with Crippen molar-refractivity contribution < 1.29 is 9.32 Å². The molecule has 0 aliphatic carbocycles. The monoisotopic (exact) mass is 349 g/mol. The molecule has 0 bridgehead atoms. The van der Waals surface area contributed by atoms with Crippen LogP contribution >= 0.6 is 0 Å². The lowest BCUT2D eigenvalue weighted by atomic mass is 10.1. The van der Waals surface area contributed by atoms with E-state index in [9.17, 15) is 4.79 Å². The van der Waals surface area contributed by atoms with Crippen molar-refractivity contribution in [2.75, 3.05) is 0 Å². The molecular weight excluding hydrogens is 326 g/mol. The zero-order valence-corrected chi connectivity index (χ0v) is 15.6. The topological polar surface area (TPSA) is 59.2 Å². The van der Waals surface area contributed by atoms with Crippen LogP contribution in [-0.4, -0.2) is 27.0 Å². The van der Waals surface area contributed by atoms with E-state index in [2.05, 4.69) is 10.1 Å². The highest BCUT2D eigenvalue weighted by molar-refractivity contribution is 5.94. The fraction of sp³-hybridized carbons (Fsp3) is 0.286. The lowest BCUT2D eigenvalue weighted by Crippen LogP contribution is -2.36. The highest BCUT2D eigenvalue weighted by atomic mass is 16.5. The van der Waals surface area contributed by atoms with Crippen molar-refractivity contribution in [1.82, 2.24) is 15.0 Å². The Labute approximate surface area is 153 Å².